The number of anilines is 1. The monoisotopic (exact) mass is 540 g/mol. The second-order valence-corrected chi connectivity index (χ2v) is 8.78. The van der Waals surface area contributed by atoms with E-state index in [-0.39, 0.29) is 67.2 Å². The van der Waals surface area contributed by atoms with Crippen molar-refractivity contribution in [3.63, 3.8) is 0 Å². The first-order valence-corrected chi connectivity index (χ1v) is 11.0. The largest absolute Gasteiger partial charge is 0.415 e. The maximum Gasteiger partial charge on any atom is 0.314 e. The van der Waals surface area contributed by atoms with Crippen molar-refractivity contribution < 1.29 is 26.0 Å². The second-order valence-electron chi connectivity index (χ2n) is 6.93. The maximum absolute atomic E-state index is 14.9. The smallest absolute Gasteiger partial charge is 0.314 e. The van der Waals surface area contributed by atoms with Crippen LogP contribution in [0.15, 0.2) is 47.1 Å². The highest BCUT2D eigenvalue weighted by molar-refractivity contribution is 7.90. The number of nitrogens with zero attached hydrogens (tertiary/aromatic N) is 5. The topological polar surface area (TPSA) is 104 Å². The number of hydrogen-bond donors (Lipinski definition) is 1. The zero-order valence-electron chi connectivity index (χ0n) is 17.5. The highest BCUT2D eigenvalue weighted by Gasteiger charge is 2.32. The molecule has 1 aliphatic rings. The van der Waals surface area contributed by atoms with Gasteiger partial charge in [-0.1, -0.05) is 6.07 Å². The van der Waals surface area contributed by atoms with Gasteiger partial charge in [0, 0.05) is 43.5 Å². The fourth-order valence-electron chi connectivity index (χ4n) is 3.22. The van der Waals surface area contributed by atoms with E-state index in [0.717, 1.165) is 10.4 Å². The van der Waals surface area contributed by atoms with E-state index in [1.807, 2.05) is 0 Å². The minimum Gasteiger partial charge on any atom is -0.415 e. The SMILES string of the molecule is Cl.Cl.O=S(=O)(N1CCNCC1)N(Cc1ccc(-c2nnc(C(F)F)o2)cc1F)c1cccnc1. The Morgan fingerprint density at radius 3 is 2.47 bits per heavy atom. The Balaban J connectivity index is 0.00000204. The molecule has 3 aromatic rings. The number of halogens is 5. The van der Waals surface area contributed by atoms with Gasteiger partial charge in [-0.25, -0.2) is 4.39 Å². The number of nitrogens with one attached hydrogen (secondary N) is 1. The van der Waals surface area contributed by atoms with Crippen LogP contribution in [-0.2, 0) is 16.8 Å². The fourth-order valence-corrected chi connectivity index (χ4v) is 4.82. The highest BCUT2D eigenvalue weighted by Crippen LogP contribution is 2.27. The number of piperazine rings is 1. The van der Waals surface area contributed by atoms with Crippen LogP contribution >= 0.6 is 24.8 Å². The van der Waals surface area contributed by atoms with Crippen LogP contribution in [0.2, 0.25) is 0 Å². The van der Waals surface area contributed by atoms with Crippen molar-refractivity contribution in [2.24, 2.45) is 0 Å². The highest BCUT2D eigenvalue weighted by atomic mass is 35.5. The first-order valence-electron chi connectivity index (χ1n) is 9.65. The van der Waals surface area contributed by atoms with Gasteiger partial charge in [0.1, 0.15) is 5.82 Å². The third-order valence-electron chi connectivity index (χ3n) is 4.86. The Bertz CT molecular complexity index is 1180. The molecule has 1 saturated heterocycles. The molecule has 0 saturated carbocycles. The van der Waals surface area contributed by atoms with Crippen LogP contribution in [0.1, 0.15) is 17.9 Å². The predicted octanol–water partition coefficient (Wildman–Crippen LogP) is 3.21. The molecule has 15 heteroatoms. The van der Waals surface area contributed by atoms with Crippen molar-refractivity contribution in [1.82, 2.24) is 24.8 Å². The summed E-state index contributed by atoms with van der Waals surface area (Å²) in [5.74, 6) is -1.87. The lowest BCUT2D eigenvalue weighted by molar-refractivity contribution is 0.116. The third-order valence-corrected chi connectivity index (χ3v) is 6.77. The average Bonchev–Trinajstić information content (AvgIpc) is 3.30. The van der Waals surface area contributed by atoms with Crippen LogP contribution in [0.3, 0.4) is 0 Å². The molecule has 3 heterocycles. The van der Waals surface area contributed by atoms with Crippen LogP contribution < -0.4 is 9.62 Å². The zero-order chi connectivity index (χ0) is 22.7. The van der Waals surface area contributed by atoms with Gasteiger partial charge in [-0.2, -0.15) is 21.5 Å². The summed E-state index contributed by atoms with van der Waals surface area (Å²) in [6.45, 7) is 1.28. The molecule has 1 aromatic carbocycles. The van der Waals surface area contributed by atoms with Crippen molar-refractivity contribution in [3.8, 4) is 11.5 Å². The summed E-state index contributed by atoms with van der Waals surface area (Å²) in [6, 6.07) is 6.96. The normalized spacial score (nSPS) is 14.4. The molecule has 9 nitrogen and oxygen atoms in total. The van der Waals surface area contributed by atoms with E-state index in [1.165, 1.54) is 28.8 Å². The number of rotatable bonds is 7. The molecule has 0 unspecified atom stereocenters. The Morgan fingerprint density at radius 2 is 1.88 bits per heavy atom. The van der Waals surface area contributed by atoms with E-state index in [9.17, 15) is 21.6 Å². The Kier molecular flexibility index (Phi) is 9.64. The molecule has 2 aromatic heterocycles. The molecule has 0 bridgehead atoms. The standard InChI is InChI=1S/C19H19F3N6O3S.2ClH/c20-16-10-13(18-25-26-19(31-18)17(21)22)3-4-14(16)12-28(15-2-1-5-24-11-15)32(29,30)27-8-6-23-7-9-27;;/h1-5,10-11,17,23H,6-9,12H2;2*1H. The van der Waals surface area contributed by atoms with Crippen molar-refractivity contribution in [2.75, 3.05) is 30.5 Å². The molecule has 0 radical (unpaired) electrons. The lowest BCUT2D eigenvalue weighted by Gasteiger charge is -2.33. The fraction of sp³-hybridized carbons (Fsp3) is 0.316. The summed E-state index contributed by atoms with van der Waals surface area (Å²) < 4.78 is 74.1. The molecule has 0 atom stereocenters. The molecule has 0 amide bonds. The molecule has 0 aliphatic carbocycles. The summed E-state index contributed by atoms with van der Waals surface area (Å²) in [5.41, 5.74) is 0.460. The van der Waals surface area contributed by atoms with Crippen LogP contribution in [0.5, 0.6) is 0 Å². The van der Waals surface area contributed by atoms with Crippen LogP contribution in [0.25, 0.3) is 11.5 Å². The van der Waals surface area contributed by atoms with Crippen molar-refractivity contribution in [3.05, 3.63) is 60.0 Å². The van der Waals surface area contributed by atoms with Crippen LogP contribution in [0, 0.1) is 5.82 Å². The quantitative estimate of drug-likeness (QED) is 0.490. The first kappa shape index (κ1) is 27.8. The lowest BCUT2D eigenvalue weighted by Crippen LogP contribution is -2.51. The number of benzene rings is 1. The predicted molar refractivity (Wildman–Crippen MR) is 123 cm³/mol. The number of hydrogen-bond acceptors (Lipinski definition) is 7. The van der Waals surface area contributed by atoms with Gasteiger partial charge in [-0.15, -0.1) is 35.0 Å². The van der Waals surface area contributed by atoms with Gasteiger partial charge >= 0.3 is 16.6 Å². The first-order chi connectivity index (χ1) is 15.4. The van der Waals surface area contributed by atoms with E-state index in [0.29, 0.717) is 13.1 Å². The van der Waals surface area contributed by atoms with Crippen LogP contribution in [-0.4, -0.2) is 54.1 Å². The summed E-state index contributed by atoms with van der Waals surface area (Å²) in [7, 11) is -3.96. The van der Waals surface area contributed by atoms with Crippen molar-refractivity contribution >= 4 is 40.7 Å². The number of pyridine rings is 1. The van der Waals surface area contributed by atoms with Crippen LogP contribution in [0.4, 0.5) is 18.9 Å². The molecule has 4 rings (SSSR count). The molecule has 1 fully saturated rings. The minimum absolute atomic E-state index is 0. The summed E-state index contributed by atoms with van der Waals surface area (Å²) in [5, 5.41) is 9.81. The Morgan fingerprint density at radius 1 is 1.15 bits per heavy atom. The van der Waals surface area contributed by atoms with E-state index < -0.39 is 28.3 Å². The van der Waals surface area contributed by atoms with Gasteiger partial charge < -0.3 is 9.73 Å². The molecular formula is C19H21Cl2F3N6O3S. The maximum atomic E-state index is 14.9. The average molecular weight is 541 g/mol. The van der Waals surface area contributed by atoms with Crippen molar-refractivity contribution in [1.29, 1.82) is 0 Å². The molecule has 186 valence electrons. The van der Waals surface area contributed by atoms with Gasteiger partial charge in [0.2, 0.25) is 5.89 Å². The minimum atomic E-state index is -3.96. The van der Waals surface area contributed by atoms with E-state index in [4.69, 9.17) is 4.42 Å². The van der Waals surface area contributed by atoms with E-state index in [1.54, 1.807) is 12.1 Å². The third kappa shape index (κ3) is 5.96. The molecule has 0 spiro atoms. The summed E-state index contributed by atoms with van der Waals surface area (Å²) in [6.07, 6.45) is -0.0494. The Hall–Kier alpha value is -2.45. The Labute approximate surface area is 206 Å². The zero-order valence-corrected chi connectivity index (χ0v) is 19.9. The van der Waals surface area contributed by atoms with Gasteiger partial charge in [-0.3, -0.25) is 9.29 Å². The second kappa shape index (κ2) is 11.8. The number of alkyl halides is 2. The molecule has 34 heavy (non-hydrogen) atoms. The van der Waals surface area contributed by atoms with Gasteiger partial charge in [-0.05, 0) is 24.3 Å². The lowest BCUT2D eigenvalue weighted by atomic mass is 10.1. The van der Waals surface area contributed by atoms with Gasteiger partial charge in [0.05, 0.1) is 18.4 Å². The van der Waals surface area contributed by atoms with E-state index >= 15 is 0 Å². The molecular weight excluding hydrogens is 520 g/mol. The van der Waals surface area contributed by atoms with Crippen molar-refractivity contribution in [2.45, 2.75) is 13.0 Å². The van der Waals surface area contributed by atoms with E-state index in [2.05, 4.69) is 20.5 Å². The van der Waals surface area contributed by atoms with Gasteiger partial charge in [0.25, 0.3) is 5.89 Å². The number of aromatic nitrogens is 3. The summed E-state index contributed by atoms with van der Waals surface area (Å²) in [4.78, 5) is 3.98. The molecule has 1 aliphatic heterocycles. The summed E-state index contributed by atoms with van der Waals surface area (Å²) >= 11 is 0. The van der Waals surface area contributed by atoms with Gasteiger partial charge in [0.15, 0.2) is 0 Å². The molecule has 1 N–H and O–H groups in total.